The highest BCUT2D eigenvalue weighted by Crippen LogP contribution is 2.38. The standard InChI is InChI=1S/C47H39N3/c1-46(2,34-23-27-36(28-24-34)49-41-15-8-5-12-38(41)39-13-6-9-16-42(39)49)32-19-21-33(22-20-32)47(3,4)35-25-29-37(30-26-35)50-43-17-10-7-14-40(43)45-44(50)18-11-31-48-45/h5-31H,1-4H3. The maximum Gasteiger partial charge on any atom is 0.0963 e. The van der Waals surface area contributed by atoms with Crippen LogP contribution in [0.3, 0.4) is 0 Å². The van der Waals surface area contributed by atoms with E-state index in [4.69, 9.17) is 4.98 Å². The summed E-state index contributed by atoms with van der Waals surface area (Å²) in [6, 6.07) is 57.5. The Bertz CT molecular complexity index is 2370. The molecule has 0 N–H and O–H groups in total. The number of pyridine rings is 1. The van der Waals surface area contributed by atoms with Crippen molar-refractivity contribution in [2.45, 2.75) is 38.5 Å². The van der Waals surface area contributed by atoms with Gasteiger partial charge in [0.05, 0.1) is 27.6 Å². The van der Waals surface area contributed by atoms with E-state index in [-0.39, 0.29) is 10.8 Å². The van der Waals surface area contributed by atoms with Crippen molar-refractivity contribution in [3.8, 4) is 11.4 Å². The van der Waals surface area contributed by atoms with E-state index < -0.39 is 0 Å². The summed E-state index contributed by atoms with van der Waals surface area (Å²) in [5.74, 6) is 0. The van der Waals surface area contributed by atoms with E-state index in [1.165, 1.54) is 60.6 Å². The molecule has 0 saturated heterocycles. The van der Waals surface area contributed by atoms with Gasteiger partial charge in [-0.3, -0.25) is 4.98 Å². The van der Waals surface area contributed by atoms with Gasteiger partial charge < -0.3 is 9.13 Å². The molecule has 0 radical (unpaired) electrons. The van der Waals surface area contributed by atoms with E-state index in [9.17, 15) is 0 Å². The molecule has 0 aliphatic heterocycles. The second kappa shape index (κ2) is 11.3. The van der Waals surface area contributed by atoms with Crippen molar-refractivity contribution in [3.63, 3.8) is 0 Å². The Morgan fingerprint density at radius 2 is 0.700 bits per heavy atom. The first-order chi connectivity index (χ1) is 24.3. The minimum Gasteiger partial charge on any atom is -0.309 e. The summed E-state index contributed by atoms with van der Waals surface area (Å²) >= 11 is 0. The lowest BCUT2D eigenvalue weighted by Gasteiger charge is -2.30. The van der Waals surface area contributed by atoms with Gasteiger partial charge in [0.15, 0.2) is 0 Å². The number of hydrogen-bond acceptors (Lipinski definition) is 1. The number of rotatable bonds is 6. The molecule has 3 heteroatoms. The Morgan fingerprint density at radius 1 is 0.360 bits per heavy atom. The largest absolute Gasteiger partial charge is 0.309 e. The molecule has 0 aliphatic carbocycles. The average molecular weight is 646 g/mol. The third kappa shape index (κ3) is 4.61. The topological polar surface area (TPSA) is 22.8 Å². The van der Waals surface area contributed by atoms with E-state index in [0.717, 1.165) is 16.7 Å². The highest BCUT2D eigenvalue weighted by Gasteiger charge is 2.27. The average Bonchev–Trinajstić information content (AvgIpc) is 3.68. The highest BCUT2D eigenvalue weighted by atomic mass is 15.0. The number of aromatic nitrogens is 3. The molecule has 3 aromatic heterocycles. The minimum absolute atomic E-state index is 0.152. The first-order valence-electron chi connectivity index (χ1n) is 17.5. The van der Waals surface area contributed by atoms with Crippen LogP contribution < -0.4 is 0 Å². The lowest BCUT2D eigenvalue weighted by Crippen LogP contribution is -2.21. The Hall–Kier alpha value is -5.93. The molecule has 3 nitrogen and oxygen atoms in total. The maximum atomic E-state index is 4.71. The second-order valence-corrected chi connectivity index (χ2v) is 14.5. The zero-order chi connectivity index (χ0) is 34.0. The summed E-state index contributed by atoms with van der Waals surface area (Å²) in [5.41, 5.74) is 13.0. The van der Waals surface area contributed by atoms with E-state index in [1.807, 2.05) is 12.3 Å². The van der Waals surface area contributed by atoms with Gasteiger partial charge in [-0.05, 0) is 76.9 Å². The van der Waals surface area contributed by atoms with Crippen molar-refractivity contribution in [1.82, 2.24) is 14.1 Å². The SMILES string of the molecule is CC(C)(c1ccc(-n2c3ccccc3c3ccccc32)cc1)c1ccc(C(C)(C)c2ccc(-n3c4ccccc4c4ncccc43)cc2)cc1. The summed E-state index contributed by atoms with van der Waals surface area (Å²) < 4.78 is 4.70. The van der Waals surface area contributed by atoms with Gasteiger partial charge >= 0.3 is 0 Å². The van der Waals surface area contributed by atoms with Crippen LogP contribution in [0, 0.1) is 0 Å². The molecule has 0 saturated carbocycles. The third-order valence-corrected chi connectivity index (χ3v) is 11.0. The van der Waals surface area contributed by atoms with Crippen LogP contribution in [-0.4, -0.2) is 14.1 Å². The summed E-state index contributed by atoms with van der Waals surface area (Å²) in [6.07, 6.45) is 1.88. The molecular weight excluding hydrogens is 607 g/mol. The van der Waals surface area contributed by atoms with Crippen LogP contribution in [0.25, 0.3) is 55.1 Å². The number of fused-ring (bicyclic) bond motifs is 6. The molecule has 0 unspecified atom stereocenters. The van der Waals surface area contributed by atoms with Crippen LogP contribution in [0.5, 0.6) is 0 Å². The number of hydrogen-bond donors (Lipinski definition) is 0. The molecule has 0 bridgehead atoms. The molecule has 9 rings (SSSR count). The normalized spacial score (nSPS) is 12.4. The number of benzene rings is 6. The van der Waals surface area contributed by atoms with Gasteiger partial charge in [-0.2, -0.15) is 0 Å². The predicted octanol–water partition coefficient (Wildman–Crippen LogP) is 11.9. The molecule has 242 valence electrons. The molecule has 0 spiro atoms. The van der Waals surface area contributed by atoms with Crippen molar-refractivity contribution >= 4 is 43.7 Å². The Kier molecular flexibility index (Phi) is 6.82. The van der Waals surface area contributed by atoms with Crippen LogP contribution in [0.1, 0.15) is 49.9 Å². The zero-order valence-corrected chi connectivity index (χ0v) is 28.9. The van der Waals surface area contributed by atoms with Gasteiger partial charge in [0.2, 0.25) is 0 Å². The fraction of sp³-hybridized carbons (Fsp3) is 0.128. The molecule has 3 heterocycles. The van der Waals surface area contributed by atoms with Gasteiger partial charge in [0, 0.05) is 44.6 Å². The molecule has 0 fully saturated rings. The van der Waals surface area contributed by atoms with Crippen LogP contribution in [0.4, 0.5) is 0 Å². The molecular formula is C47H39N3. The van der Waals surface area contributed by atoms with Crippen LogP contribution in [0.15, 0.2) is 164 Å². The van der Waals surface area contributed by atoms with Gasteiger partial charge in [0.1, 0.15) is 0 Å². The summed E-state index contributed by atoms with van der Waals surface area (Å²) in [6.45, 7) is 9.29. The van der Waals surface area contributed by atoms with E-state index >= 15 is 0 Å². The number of para-hydroxylation sites is 3. The first-order valence-corrected chi connectivity index (χ1v) is 17.5. The van der Waals surface area contributed by atoms with Gasteiger partial charge in [-0.15, -0.1) is 0 Å². The molecule has 0 amide bonds. The predicted molar refractivity (Wildman–Crippen MR) is 210 cm³/mol. The smallest absolute Gasteiger partial charge is 0.0963 e. The van der Waals surface area contributed by atoms with Crippen molar-refractivity contribution < 1.29 is 0 Å². The highest BCUT2D eigenvalue weighted by molar-refractivity contribution is 6.09. The van der Waals surface area contributed by atoms with Crippen molar-refractivity contribution in [1.29, 1.82) is 0 Å². The van der Waals surface area contributed by atoms with E-state index in [2.05, 4.69) is 188 Å². The molecule has 0 atom stereocenters. The van der Waals surface area contributed by atoms with E-state index in [1.54, 1.807) is 0 Å². The molecule has 9 aromatic rings. The minimum atomic E-state index is -0.159. The zero-order valence-electron chi connectivity index (χ0n) is 28.9. The van der Waals surface area contributed by atoms with Crippen LogP contribution >= 0.6 is 0 Å². The summed E-state index contributed by atoms with van der Waals surface area (Å²) in [5, 5.41) is 3.74. The lowest BCUT2D eigenvalue weighted by atomic mass is 9.74. The Morgan fingerprint density at radius 3 is 1.16 bits per heavy atom. The van der Waals surface area contributed by atoms with Gasteiger partial charge in [0.25, 0.3) is 0 Å². The summed E-state index contributed by atoms with van der Waals surface area (Å²) in [7, 11) is 0. The van der Waals surface area contributed by atoms with Gasteiger partial charge in [-0.25, -0.2) is 0 Å². The molecule has 6 aromatic carbocycles. The summed E-state index contributed by atoms with van der Waals surface area (Å²) in [4.78, 5) is 4.71. The second-order valence-electron chi connectivity index (χ2n) is 14.5. The van der Waals surface area contributed by atoms with Gasteiger partial charge in [-0.1, -0.05) is 131 Å². The van der Waals surface area contributed by atoms with Crippen LogP contribution in [0.2, 0.25) is 0 Å². The quantitative estimate of drug-likeness (QED) is 0.176. The van der Waals surface area contributed by atoms with E-state index in [0.29, 0.717) is 0 Å². The third-order valence-electron chi connectivity index (χ3n) is 11.0. The van der Waals surface area contributed by atoms with Crippen molar-refractivity contribution in [2.75, 3.05) is 0 Å². The van der Waals surface area contributed by atoms with Crippen molar-refractivity contribution in [2.24, 2.45) is 0 Å². The Balaban J connectivity index is 0.997. The molecule has 50 heavy (non-hydrogen) atoms. The van der Waals surface area contributed by atoms with Crippen molar-refractivity contribution in [3.05, 3.63) is 186 Å². The monoisotopic (exact) mass is 645 g/mol. The van der Waals surface area contributed by atoms with Crippen LogP contribution in [-0.2, 0) is 10.8 Å². The maximum absolute atomic E-state index is 4.71. The first kappa shape index (κ1) is 30.2. The number of nitrogens with zero attached hydrogens (tertiary/aromatic N) is 3. The Labute approximate surface area is 293 Å². The fourth-order valence-electron chi connectivity index (χ4n) is 7.95. The lowest BCUT2D eigenvalue weighted by molar-refractivity contribution is 0.626. The molecule has 0 aliphatic rings. The fourth-order valence-corrected chi connectivity index (χ4v) is 7.95.